The van der Waals surface area contributed by atoms with Crippen molar-refractivity contribution in [1.82, 2.24) is 59.5 Å². The van der Waals surface area contributed by atoms with Crippen LogP contribution in [-0.4, -0.2) is 150 Å². The summed E-state index contributed by atoms with van der Waals surface area (Å²) in [7, 11) is 5.70. The Morgan fingerprint density at radius 2 is 1.06 bits per heavy atom. The van der Waals surface area contributed by atoms with E-state index in [2.05, 4.69) is 54.5 Å². The number of pyridine rings is 2. The summed E-state index contributed by atoms with van der Waals surface area (Å²) in [6.07, 6.45) is 3.16. The summed E-state index contributed by atoms with van der Waals surface area (Å²) in [5, 5.41) is 18.8. The lowest BCUT2D eigenvalue weighted by atomic mass is 10.1. The van der Waals surface area contributed by atoms with Crippen LogP contribution in [0, 0.1) is 0 Å². The average Bonchev–Trinajstić information content (AvgIpc) is 3.96. The first-order chi connectivity index (χ1) is 31.6. The van der Waals surface area contributed by atoms with Crippen molar-refractivity contribution in [1.29, 1.82) is 0 Å². The van der Waals surface area contributed by atoms with Gasteiger partial charge in [-0.25, -0.2) is 24.9 Å². The smallest absolute Gasteiger partial charge is 0.270 e. The van der Waals surface area contributed by atoms with E-state index in [0.29, 0.717) is 89.1 Å². The minimum Gasteiger partial charge on any atom is -0.508 e. The largest absolute Gasteiger partial charge is 0.508 e. The molecule has 8 aromatic rings. The Hall–Kier alpha value is -7.96. The number of nitrogens with zero attached hydrogens (tertiary/aromatic N) is 10. The molecule has 18 heteroatoms. The fourth-order valence-corrected chi connectivity index (χ4v) is 8.04. The van der Waals surface area contributed by atoms with Gasteiger partial charge in [0.25, 0.3) is 11.8 Å². The first-order valence-corrected chi connectivity index (χ1v) is 21.3. The van der Waals surface area contributed by atoms with E-state index in [1.165, 1.54) is 18.3 Å². The second kappa shape index (κ2) is 17.3. The van der Waals surface area contributed by atoms with Gasteiger partial charge in [0.05, 0.1) is 41.3 Å². The fraction of sp³-hybridized carbons (Fsp3) is 0.234. The molecule has 18 nitrogen and oxygen atoms in total. The number of aromatic nitrogens is 8. The van der Waals surface area contributed by atoms with Gasteiger partial charge < -0.3 is 50.0 Å². The number of rotatable bonds is 10. The highest BCUT2D eigenvalue weighted by Crippen LogP contribution is 2.32. The number of methoxy groups -OCH3 is 1. The molecule has 0 spiro atoms. The zero-order valence-electron chi connectivity index (χ0n) is 36.0. The predicted molar refractivity (Wildman–Crippen MR) is 248 cm³/mol. The third-order valence-corrected chi connectivity index (χ3v) is 11.7. The maximum absolute atomic E-state index is 13.4. The lowest BCUT2D eigenvalue weighted by molar-refractivity contribution is 0.0652. The molecule has 0 aliphatic carbocycles. The van der Waals surface area contributed by atoms with Crippen LogP contribution in [0.15, 0.2) is 97.3 Å². The molecular weight excluding hydrogens is 825 g/mol. The van der Waals surface area contributed by atoms with Crippen molar-refractivity contribution in [2.75, 3.05) is 84.2 Å². The van der Waals surface area contributed by atoms with E-state index in [4.69, 9.17) is 24.7 Å². The molecule has 0 radical (unpaired) electrons. The number of carbonyl (C=O) groups is 2. The van der Waals surface area contributed by atoms with Gasteiger partial charge in [0.2, 0.25) is 11.9 Å². The van der Waals surface area contributed by atoms with E-state index in [1.807, 2.05) is 58.3 Å². The lowest BCUT2D eigenvalue weighted by Crippen LogP contribution is -2.47. The molecule has 328 valence electrons. The summed E-state index contributed by atoms with van der Waals surface area (Å²) in [4.78, 5) is 69.9. The van der Waals surface area contributed by atoms with Crippen molar-refractivity contribution in [3.63, 3.8) is 0 Å². The van der Waals surface area contributed by atoms with E-state index in [0.717, 1.165) is 53.7 Å². The van der Waals surface area contributed by atoms with Crippen molar-refractivity contribution in [2.24, 2.45) is 0 Å². The number of piperazine rings is 2. The van der Waals surface area contributed by atoms with Crippen LogP contribution in [0.25, 0.3) is 56.0 Å². The van der Waals surface area contributed by atoms with E-state index < -0.39 is 0 Å². The number of anilines is 4. The maximum atomic E-state index is 13.4. The summed E-state index contributed by atoms with van der Waals surface area (Å²) < 4.78 is 5.76. The number of aromatic amines is 2. The van der Waals surface area contributed by atoms with Crippen LogP contribution >= 0.6 is 0 Å². The molecule has 2 aromatic carbocycles. The molecule has 2 fully saturated rings. The molecule has 6 aromatic heterocycles. The molecule has 10 rings (SSSR count). The number of carbonyl (C=O) groups excluding carboxylic acids is 2. The van der Waals surface area contributed by atoms with Gasteiger partial charge in [0, 0.05) is 116 Å². The van der Waals surface area contributed by atoms with Gasteiger partial charge in [-0.2, -0.15) is 0 Å². The molecule has 0 unspecified atom stereocenters. The maximum Gasteiger partial charge on any atom is 0.270 e. The molecule has 0 atom stereocenters. The Morgan fingerprint density at radius 3 is 1.63 bits per heavy atom. The van der Waals surface area contributed by atoms with Crippen LogP contribution in [0.3, 0.4) is 0 Å². The molecule has 2 aliphatic rings. The predicted octanol–water partition coefficient (Wildman–Crippen LogP) is 6.00. The number of ether oxygens (including phenoxy) is 1. The van der Waals surface area contributed by atoms with Crippen LogP contribution in [0.1, 0.15) is 21.0 Å². The average molecular weight is 871 g/mol. The Kier molecular flexibility index (Phi) is 10.9. The SMILES string of the molecule is COc1cc(-c2ccnc(Nc3ccc4[nH]c(C(=O)N5CCN(C)CC5)cc4c3)n2)nc(-c2cc(-c3cc(O)ccn3)nc(Nc3ccc4[nH]c(C(=O)N5CCN(C)CC5)cc4c3)n2)c1. The Bertz CT molecular complexity index is 3080. The summed E-state index contributed by atoms with van der Waals surface area (Å²) in [6.45, 7) is 6.12. The molecule has 5 N–H and O–H groups in total. The molecule has 0 bridgehead atoms. The van der Waals surface area contributed by atoms with Gasteiger partial charge in [0.15, 0.2) is 0 Å². The third kappa shape index (κ3) is 8.84. The number of hydrogen-bond acceptors (Lipinski definition) is 14. The fourth-order valence-electron chi connectivity index (χ4n) is 8.04. The Labute approximate surface area is 373 Å². The summed E-state index contributed by atoms with van der Waals surface area (Å²) in [5.41, 5.74) is 7.01. The number of amides is 2. The van der Waals surface area contributed by atoms with Crippen molar-refractivity contribution < 1.29 is 19.4 Å². The highest BCUT2D eigenvalue weighted by atomic mass is 16.5. The van der Waals surface area contributed by atoms with Crippen LogP contribution in [0.2, 0.25) is 0 Å². The number of likely N-dealkylation sites (N-methyl/N-ethyl adjacent to an activating group) is 2. The quantitative estimate of drug-likeness (QED) is 0.107. The van der Waals surface area contributed by atoms with E-state index in [1.54, 1.807) is 37.6 Å². The zero-order valence-corrected chi connectivity index (χ0v) is 36.0. The third-order valence-electron chi connectivity index (χ3n) is 11.7. The standard InChI is InChI=1S/C47H46N14O4/c1-58-12-16-60(17-13-58)44(63)42-22-28-20-30(4-6-34(28)52-42)50-46-49-11-9-36(55-46)38-25-33(65-3)26-39(54-38)41-27-40(37-24-32(62)8-10-48-37)56-47(57-41)51-31-5-7-35-29(21-31)23-43(53-35)45(64)61-18-14-59(2)15-19-61/h4-11,20-27,52-53H,12-19H2,1-3H3,(H,48,62)(H,49,50,55)(H,51,56,57). The monoisotopic (exact) mass is 870 g/mol. The first kappa shape index (κ1) is 41.1. The summed E-state index contributed by atoms with van der Waals surface area (Å²) in [5.74, 6) is 1.12. The van der Waals surface area contributed by atoms with Crippen LogP contribution in [0.4, 0.5) is 23.3 Å². The lowest BCUT2D eigenvalue weighted by Gasteiger charge is -2.32. The molecule has 2 saturated heterocycles. The van der Waals surface area contributed by atoms with E-state index in [-0.39, 0.29) is 23.5 Å². The molecule has 8 heterocycles. The highest BCUT2D eigenvalue weighted by molar-refractivity contribution is 6.00. The van der Waals surface area contributed by atoms with Gasteiger partial charge in [-0.1, -0.05) is 0 Å². The van der Waals surface area contributed by atoms with Gasteiger partial charge in [-0.05, 0) is 80.8 Å². The number of benzene rings is 2. The van der Waals surface area contributed by atoms with Crippen molar-refractivity contribution in [2.45, 2.75) is 0 Å². The molecule has 0 saturated carbocycles. The van der Waals surface area contributed by atoms with Crippen LogP contribution in [-0.2, 0) is 0 Å². The van der Waals surface area contributed by atoms with Crippen molar-refractivity contribution >= 4 is 56.9 Å². The molecule has 2 aliphatic heterocycles. The van der Waals surface area contributed by atoms with E-state index >= 15 is 0 Å². The van der Waals surface area contributed by atoms with Crippen LogP contribution < -0.4 is 15.4 Å². The molecule has 65 heavy (non-hydrogen) atoms. The molecule has 2 amide bonds. The minimum atomic E-state index is -0.0255. The zero-order chi connectivity index (χ0) is 44.6. The second-order valence-electron chi connectivity index (χ2n) is 16.3. The van der Waals surface area contributed by atoms with Gasteiger partial charge >= 0.3 is 0 Å². The van der Waals surface area contributed by atoms with Crippen molar-refractivity contribution in [3.05, 3.63) is 109 Å². The normalized spacial score (nSPS) is 14.8. The Morgan fingerprint density at radius 1 is 0.554 bits per heavy atom. The van der Waals surface area contributed by atoms with Gasteiger partial charge in [-0.15, -0.1) is 0 Å². The number of nitrogens with one attached hydrogen (secondary N) is 4. The first-order valence-electron chi connectivity index (χ1n) is 21.3. The summed E-state index contributed by atoms with van der Waals surface area (Å²) in [6, 6.07) is 25.4. The number of hydrogen-bond donors (Lipinski definition) is 5. The second-order valence-corrected chi connectivity index (χ2v) is 16.3. The van der Waals surface area contributed by atoms with Gasteiger partial charge in [0.1, 0.15) is 22.9 Å². The summed E-state index contributed by atoms with van der Waals surface area (Å²) >= 11 is 0. The Balaban J connectivity index is 0.931. The topological polar surface area (TPSA) is 210 Å². The van der Waals surface area contributed by atoms with Crippen molar-refractivity contribution in [3.8, 4) is 45.7 Å². The number of aromatic hydroxyl groups is 1. The molecular formula is C47H46N14O4. The minimum absolute atomic E-state index is 0.00789. The van der Waals surface area contributed by atoms with Gasteiger partial charge in [-0.3, -0.25) is 14.6 Å². The number of fused-ring (bicyclic) bond motifs is 2. The van der Waals surface area contributed by atoms with Crippen LogP contribution in [0.5, 0.6) is 11.5 Å². The number of H-pyrrole nitrogens is 2. The van der Waals surface area contributed by atoms with E-state index in [9.17, 15) is 14.7 Å². The highest BCUT2D eigenvalue weighted by Gasteiger charge is 2.24.